The van der Waals surface area contributed by atoms with Crippen molar-refractivity contribution in [3.8, 4) is 46.5 Å². The number of rotatable bonds is 2. The molecule has 46 heavy (non-hydrogen) atoms. The Kier molecular flexibility index (Phi) is 6.73. The van der Waals surface area contributed by atoms with E-state index in [9.17, 15) is 47.4 Å². The fourth-order valence-corrected chi connectivity index (χ4v) is 4.90. The fourth-order valence-electron chi connectivity index (χ4n) is 4.90. The van der Waals surface area contributed by atoms with Gasteiger partial charge in [0.15, 0.2) is 22.3 Å². The van der Waals surface area contributed by atoms with Crippen LogP contribution in [-0.4, -0.2) is 9.97 Å². The average molecular weight is 624 g/mol. The number of fused-ring (bicyclic) bond motifs is 5. The second kappa shape index (κ2) is 10.5. The van der Waals surface area contributed by atoms with Gasteiger partial charge in [-0.05, 0) is 47.5 Å². The van der Waals surface area contributed by atoms with E-state index in [2.05, 4.69) is 9.97 Å². The quantitative estimate of drug-likeness (QED) is 0.189. The van der Waals surface area contributed by atoms with Gasteiger partial charge in [-0.1, -0.05) is 24.3 Å². The van der Waals surface area contributed by atoms with Crippen molar-refractivity contribution in [2.24, 2.45) is 0 Å². The van der Waals surface area contributed by atoms with Gasteiger partial charge < -0.3 is 8.83 Å². The highest BCUT2D eigenvalue weighted by atomic mass is 19.4. The van der Waals surface area contributed by atoms with E-state index in [1.165, 1.54) is 36.4 Å². The highest BCUT2D eigenvalue weighted by Crippen LogP contribution is 2.41. The summed E-state index contributed by atoms with van der Waals surface area (Å²) < 4.78 is 91.5. The van der Waals surface area contributed by atoms with E-state index in [1.807, 2.05) is 0 Å². The Labute approximate surface area is 252 Å². The summed E-state index contributed by atoms with van der Waals surface area (Å²) in [7, 11) is 0. The smallest absolute Gasteiger partial charge is 0.416 e. The van der Waals surface area contributed by atoms with Crippen molar-refractivity contribution in [1.29, 1.82) is 21.0 Å². The summed E-state index contributed by atoms with van der Waals surface area (Å²) in [6.07, 6.45) is -9.23. The Morgan fingerprint density at radius 1 is 0.543 bits per heavy atom. The molecule has 0 amide bonds. The minimum absolute atomic E-state index is 0.0387. The maximum Gasteiger partial charge on any atom is 0.416 e. The molecule has 0 unspecified atom stereocenters. The molecule has 0 aliphatic heterocycles. The molecule has 0 aliphatic rings. The van der Waals surface area contributed by atoms with E-state index >= 15 is 0 Å². The van der Waals surface area contributed by atoms with E-state index < -0.39 is 34.6 Å². The molecule has 0 spiro atoms. The number of hydrogen-bond donors (Lipinski definition) is 0. The van der Waals surface area contributed by atoms with Crippen LogP contribution in [0.5, 0.6) is 0 Å². The van der Waals surface area contributed by atoms with Gasteiger partial charge in [0, 0.05) is 21.9 Å². The van der Waals surface area contributed by atoms with Crippen molar-refractivity contribution in [3.05, 3.63) is 82.9 Å². The van der Waals surface area contributed by atoms with Crippen LogP contribution in [0.4, 0.5) is 26.3 Å². The van der Waals surface area contributed by atoms with Crippen LogP contribution in [0, 0.1) is 45.3 Å². The molecule has 2 heterocycles. The maximum absolute atomic E-state index is 13.3. The van der Waals surface area contributed by atoms with Crippen LogP contribution in [0.15, 0.2) is 69.5 Å². The van der Waals surface area contributed by atoms with Gasteiger partial charge >= 0.3 is 12.4 Å². The second-order valence-electron chi connectivity index (χ2n) is 9.68. The highest BCUT2D eigenvalue weighted by Gasteiger charge is 2.31. The molecule has 14 heteroatoms. The third-order valence-corrected chi connectivity index (χ3v) is 7.04. The zero-order valence-electron chi connectivity index (χ0n) is 22.5. The first kappa shape index (κ1) is 29.4. The predicted octanol–water partition coefficient (Wildman–Crippen LogP) is 6.89. The lowest BCUT2D eigenvalue weighted by atomic mass is 9.94. The van der Waals surface area contributed by atoms with E-state index in [4.69, 9.17) is 8.83 Å². The summed E-state index contributed by atoms with van der Waals surface area (Å²) in [5.41, 5.74) is -2.74. The van der Waals surface area contributed by atoms with Crippen LogP contribution in [0.2, 0.25) is 0 Å². The molecule has 6 aromatic rings. The SMILES string of the molecule is N#CC(C#N)=c1nc2c(-c3ccc(C(F)(F)F)cc3)cc3c(cc(-c4ccc(C(F)(F)F)cc4)c4nc(=C(C#N)C#N)oc43)c2o1. The lowest BCUT2D eigenvalue weighted by molar-refractivity contribution is -0.138. The fraction of sp³-hybridized carbons (Fsp3) is 0.0625. The molecule has 8 nitrogen and oxygen atoms in total. The third-order valence-electron chi connectivity index (χ3n) is 7.04. The second-order valence-corrected chi connectivity index (χ2v) is 9.68. The topological polar surface area (TPSA) is 147 Å². The summed E-state index contributed by atoms with van der Waals surface area (Å²) >= 11 is 0. The highest BCUT2D eigenvalue weighted by molar-refractivity contribution is 6.19. The molecular formula is C32H10F6N6O2. The minimum atomic E-state index is -4.62. The molecular weight excluding hydrogens is 614 g/mol. The van der Waals surface area contributed by atoms with Crippen molar-refractivity contribution >= 4 is 44.1 Å². The van der Waals surface area contributed by atoms with E-state index in [1.54, 1.807) is 24.3 Å². The Morgan fingerprint density at radius 2 is 0.870 bits per heavy atom. The summed E-state index contributed by atoms with van der Waals surface area (Å²) in [6, 6.07) is 17.8. The number of aromatic nitrogens is 2. The number of halogens is 6. The predicted molar refractivity (Wildman–Crippen MR) is 148 cm³/mol. The summed E-state index contributed by atoms with van der Waals surface area (Å²) in [4.78, 5) is 8.60. The van der Waals surface area contributed by atoms with Crippen molar-refractivity contribution in [2.75, 3.05) is 0 Å². The van der Waals surface area contributed by atoms with Crippen molar-refractivity contribution < 1.29 is 35.2 Å². The summed E-state index contributed by atoms with van der Waals surface area (Å²) in [5, 5.41) is 38.2. The van der Waals surface area contributed by atoms with Gasteiger partial charge in [-0.15, -0.1) is 0 Å². The van der Waals surface area contributed by atoms with Crippen molar-refractivity contribution in [3.63, 3.8) is 0 Å². The zero-order valence-corrected chi connectivity index (χ0v) is 22.5. The molecule has 0 radical (unpaired) electrons. The Morgan fingerprint density at radius 3 is 1.15 bits per heavy atom. The third kappa shape index (κ3) is 4.81. The molecule has 4 aromatic carbocycles. The van der Waals surface area contributed by atoms with Gasteiger partial charge in [0.2, 0.25) is 11.1 Å². The van der Waals surface area contributed by atoms with Crippen LogP contribution in [0.1, 0.15) is 11.1 Å². The number of oxazole rings is 2. The number of nitriles is 4. The lowest BCUT2D eigenvalue weighted by Crippen LogP contribution is -2.04. The number of benzene rings is 4. The number of hydrogen-bond acceptors (Lipinski definition) is 8. The van der Waals surface area contributed by atoms with Gasteiger partial charge in [-0.25, -0.2) is 9.97 Å². The van der Waals surface area contributed by atoms with E-state index in [0.717, 1.165) is 24.3 Å². The van der Waals surface area contributed by atoms with Gasteiger partial charge in [0.1, 0.15) is 35.3 Å². The average Bonchev–Trinajstić information content (AvgIpc) is 3.67. The Balaban J connectivity index is 1.79. The molecule has 0 saturated heterocycles. The first-order chi connectivity index (χ1) is 21.9. The minimum Gasteiger partial charge on any atom is -0.434 e. The molecule has 2 aromatic heterocycles. The Bertz CT molecular complexity index is 2320. The molecule has 6 rings (SSSR count). The molecule has 0 saturated carbocycles. The van der Waals surface area contributed by atoms with Gasteiger partial charge in [0.05, 0.1) is 11.1 Å². The first-order valence-electron chi connectivity index (χ1n) is 12.8. The van der Waals surface area contributed by atoms with Gasteiger partial charge in [-0.3, -0.25) is 0 Å². The van der Waals surface area contributed by atoms with Crippen molar-refractivity contribution in [2.45, 2.75) is 12.4 Å². The van der Waals surface area contributed by atoms with Crippen LogP contribution in [0.25, 0.3) is 66.4 Å². The number of alkyl halides is 6. The standard InChI is InChI=1S/C32H10F6N6O2/c33-31(34,35)19-5-1-15(2-6-19)21-9-23-24(27-25(21)43-29(45-27)17(11-39)12-40)10-22(16-3-7-20(8-4-16)32(36,37)38)26-28(23)46-30(44-26)18(13-41)14-42/h1-10H. The first-order valence-corrected chi connectivity index (χ1v) is 12.8. The van der Waals surface area contributed by atoms with Crippen LogP contribution in [-0.2, 0) is 12.4 Å². The zero-order chi connectivity index (χ0) is 33.0. The van der Waals surface area contributed by atoms with Gasteiger partial charge in [-0.2, -0.15) is 47.4 Å². The molecule has 0 aliphatic carbocycles. The molecule has 222 valence electrons. The molecule has 0 atom stereocenters. The summed E-state index contributed by atoms with van der Waals surface area (Å²) in [6.45, 7) is 0. The molecule has 0 N–H and O–H groups in total. The maximum atomic E-state index is 13.3. The van der Waals surface area contributed by atoms with E-state index in [-0.39, 0.29) is 66.3 Å². The van der Waals surface area contributed by atoms with Crippen LogP contribution in [0.3, 0.4) is 0 Å². The number of nitrogens with zero attached hydrogens (tertiary/aromatic N) is 6. The van der Waals surface area contributed by atoms with Gasteiger partial charge in [0.25, 0.3) is 0 Å². The Hall–Kier alpha value is -6.64. The summed E-state index contributed by atoms with van der Waals surface area (Å²) in [5.74, 6) is 0. The lowest BCUT2D eigenvalue weighted by Gasteiger charge is -2.11. The van der Waals surface area contributed by atoms with E-state index in [0.29, 0.717) is 0 Å². The molecule has 0 fully saturated rings. The van der Waals surface area contributed by atoms with Crippen molar-refractivity contribution in [1.82, 2.24) is 9.97 Å². The largest absolute Gasteiger partial charge is 0.434 e. The normalized spacial score (nSPS) is 11.6. The van der Waals surface area contributed by atoms with Crippen LogP contribution >= 0.6 is 0 Å². The van der Waals surface area contributed by atoms with Crippen LogP contribution < -0.4 is 11.1 Å². The monoisotopic (exact) mass is 624 g/mol. The molecule has 0 bridgehead atoms.